The summed E-state index contributed by atoms with van der Waals surface area (Å²) in [7, 11) is 0. The Labute approximate surface area is 61.1 Å². The van der Waals surface area contributed by atoms with Crippen LogP contribution in [0.25, 0.3) is 0 Å². The highest BCUT2D eigenvalue weighted by Crippen LogP contribution is 2.04. The van der Waals surface area contributed by atoms with Crippen LogP contribution in [0.4, 0.5) is 0 Å². The van der Waals surface area contributed by atoms with Gasteiger partial charge in [-0.3, -0.25) is 4.79 Å². The van der Waals surface area contributed by atoms with Gasteiger partial charge in [0.05, 0.1) is 0 Å². The predicted octanol–water partition coefficient (Wildman–Crippen LogP) is 0.831. The Morgan fingerprint density at radius 1 is 1.60 bits per heavy atom. The second-order valence-electron chi connectivity index (χ2n) is 2.10. The van der Waals surface area contributed by atoms with E-state index in [1.54, 1.807) is 6.92 Å². The molecule has 0 aliphatic heterocycles. The fraction of sp³-hybridized carbons (Fsp3) is 0.375. The van der Waals surface area contributed by atoms with E-state index in [1.807, 2.05) is 0 Å². The molecule has 2 N–H and O–H groups in total. The van der Waals surface area contributed by atoms with Crippen LogP contribution in [0.2, 0.25) is 0 Å². The van der Waals surface area contributed by atoms with Gasteiger partial charge in [0.15, 0.2) is 5.78 Å². The molecule has 0 fully saturated rings. The highest BCUT2D eigenvalue weighted by molar-refractivity contribution is 5.94. The Balaban J connectivity index is 4.48. The number of carbonyl (C=O) groups excluding carboxylic acids is 1. The van der Waals surface area contributed by atoms with Crippen molar-refractivity contribution in [3.05, 3.63) is 11.3 Å². The van der Waals surface area contributed by atoms with Gasteiger partial charge >= 0.3 is 0 Å². The van der Waals surface area contributed by atoms with Crippen LogP contribution >= 0.6 is 0 Å². The first-order valence-electron chi connectivity index (χ1n) is 2.99. The molecule has 0 amide bonds. The van der Waals surface area contributed by atoms with Gasteiger partial charge in [0.1, 0.15) is 0 Å². The van der Waals surface area contributed by atoms with E-state index in [1.165, 1.54) is 6.92 Å². The van der Waals surface area contributed by atoms with Gasteiger partial charge < -0.3 is 5.73 Å². The predicted molar refractivity (Wildman–Crippen MR) is 41.0 cm³/mol. The molecule has 0 saturated carbocycles. The molecule has 2 heteroatoms. The van der Waals surface area contributed by atoms with E-state index in [0.717, 1.165) is 0 Å². The maximum atomic E-state index is 10.7. The standard InChI is InChI=1S/C8H11NO/c1-4-5-8(6(2)9)7(3)10/h1H,5,9H2,2-3H3/b8-6+. The molecule has 0 spiro atoms. The summed E-state index contributed by atoms with van der Waals surface area (Å²) >= 11 is 0. The fourth-order valence-corrected chi connectivity index (χ4v) is 0.644. The van der Waals surface area contributed by atoms with Crippen molar-refractivity contribution in [1.82, 2.24) is 0 Å². The maximum absolute atomic E-state index is 10.7. The van der Waals surface area contributed by atoms with E-state index in [4.69, 9.17) is 12.2 Å². The van der Waals surface area contributed by atoms with Crippen molar-refractivity contribution in [2.75, 3.05) is 0 Å². The molecular weight excluding hydrogens is 126 g/mol. The zero-order valence-electron chi connectivity index (χ0n) is 6.27. The molecule has 0 atom stereocenters. The molecule has 10 heavy (non-hydrogen) atoms. The minimum atomic E-state index is -0.0436. The van der Waals surface area contributed by atoms with Crippen LogP contribution in [-0.4, -0.2) is 5.78 Å². The number of rotatable bonds is 2. The van der Waals surface area contributed by atoms with Crippen LogP contribution in [0.3, 0.4) is 0 Å². The first kappa shape index (κ1) is 8.77. The van der Waals surface area contributed by atoms with Crippen molar-refractivity contribution in [2.45, 2.75) is 20.3 Å². The Morgan fingerprint density at radius 2 is 2.10 bits per heavy atom. The number of terminal acetylenes is 1. The Bertz CT molecular complexity index is 204. The van der Waals surface area contributed by atoms with Crippen molar-refractivity contribution in [1.29, 1.82) is 0 Å². The first-order chi connectivity index (χ1) is 4.59. The molecule has 2 nitrogen and oxygen atoms in total. The van der Waals surface area contributed by atoms with Crippen LogP contribution in [0, 0.1) is 12.3 Å². The van der Waals surface area contributed by atoms with Gasteiger partial charge in [0, 0.05) is 17.7 Å². The van der Waals surface area contributed by atoms with Gasteiger partial charge in [-0.1, -0.05) is 0 Å². The van der Waals surface area contributed by atoms with Gasteiger partial charge in [-0.05, 0) is 13.8 Å². The van der Waals surface area contributed by atoms with Crippen LogP contribution in [0.5, 0.6) is 0 Å². The third-order valence-electron chi connectivity index (χ3n) is 1.18. The number of Topliss-reactive ketones (excluding diaryl/α,β-unsaturated/α-hetero) is 1. The molecule has 0 aromatic heterocycles. The highest BCUT2D eigenvalue weighted by Gasteiger charge is 2.03. The lowest BCUT2D eigenvalue weighted by molar-refractivity contribution is -0.113. The molecule has 0 unspecified atom stereocenters. The zero-order valence-corrected chi connectivity index (χ0v) is 6.27. The largest absolute Gasteiger partial charge is 0.402 e. The van der Waals surface area contributed by atoms with Gasteiger partial charge in [-0.25, -0.2) is 0 Å². The molecule has 0 rings (SSSR count). The molecule has 0 aromatic carbocycles. The SMILES string of the molecule is C#CC/C(C(C)=O)=C(/C)N. The molecule has 0 aliphatic rings. The van der Waals surface area contributed by atoms with E-state index in [-0.39, 0.29) is 5.78 Å². The van der Waals surface area contributed by atoms with Gasteiger partial charge in [-0.15, -0.1) is 12.3 Å². The first-order valence-corrected chi connectivity index (χ1v) is 2.99. The van der Waals surface area contributed by atoms with E-state index < -0.39 is 0 Å². The summed E-state index contributed by atoms with van der Waals surface area (Å²) in [6.07, 6.45) is 5.34. The van der Waals surface area contributed by atoms with E-state index in [2.05, 4.69) is 5.92 Å². The summed E-state index contributed by atoms with van der Waals surface area (Å²) in [5.74, 6) is 2.33. The molecule has 0 heterocycles. The molecule has 0 bridgehead atoms. The number of ketones is 1. The smallest absolute Gasteiger partial charge is 0.158 e. The number of hydrogen-bond donors (Lipinski definition) is 1. The average Bonchev–Trinajstić information content (AvgIpc) is 1.81. The summed E-state index contributed by atoms with van der Waals surface area (Å²) in [5, 5.41) is 0. The maximum Gasteiger partial charge on any atom is 0.158 e. The quantitative estimate of drug-likeness (QED) is 0.452. The van der Waals surface area contributed by atoms with Gasteiger partial charge in [-0.2, -0.15) is 0 Å². The van der Waals surface area contributed by atoms with E-state index >= 15 is 0 Å². The second-order valence-corrected chi connectivity index (χ2v) is 2.10. The second kappa shape index (κ2) is 3.73. The average molecular weight is 137 g/mol. The van der Waals surface area contributed by atoms with Crippen LogP contribution in [0.15, 0.2) is 11.3 Å². The van der Waals surface area contributed by atoms with E-state index in [0.29, 0.717) is 17.7 Å². The van der Waals surface area contributed by atoms with Crippen molar-refractivity contribution >= 4 is 5.78 Å². The van der Waals surface area contributed by atoms with Crippen LogP contribution in [-0.2, 0) is 4.79 Å². The lowest BCUT2D eigenvalue weighted by atomic mass is 10.1. The van der Waals surface area contributed by atoms with Crippen molar-refractivity contribution in [3.63, 3.8) is 0 Å². The molecule has 0 saturated heterocycles. The van der Waals surface area contributed by atoms with Crippen molar-refractivity contribution in [3.8, 4) is 12.3 Å². The summed E-state index contributed by atoms with van der Waals surface area (Å²) in [4.78, 5) is 10.7. The Kier molecular flexibility index (Phi) is 3.27. The minimum Gasteiger partial charge on any atom is -0.402 e. The van der Waals surface area contributed by atoms with Gasteiger partial charge in [0.2, 0.25) is 0 Å². The summed E-state index contributed by atoms with van der Waals surface area (Å²) in [6.45, 7) is 3.14. The van der Waals surface area contributed by atoms with Crippen LogP contribution in [0.1, 0.15) is 20.3 Å². The number of carbonyl (C=O) groups is 1. The minimum absolute atomic E-state index is 0.0436. The summed E-state index contributed by atoms with van der Waals surface area (Å²) in [6, 6.07) is 0. The highest BCUT2D eigenvalue weighted by atomic mass is 16.1. The Hall–Kier alpha value is -1.23. The fourth-order valence-electron chi connectivity index (χ4n) is 0.644. The Morgan fingerprint density at radius 3 is 2.20 bits per heavy atom. The summed E-state index contributed by atoms with van der Waals surface area (Å²) < 4.78 is 0. The van der Waals surface area contributed by atoms with Crippen molar-refractivity contribution in [2.24, 2.45) is 5.73 Å². The number of hydrogen-bond acceptors (Lipinski definition) is 2. The molecule has 0 aromatic rings. The lowest BCUT2D eigenvalue weighted by Gasteiger charge is -1.99. The normalized spacial score (nSPS) is 11.7. The van der Waals surface area contributed by atoms with Gasteiger partial charge in [0.25, 0.3) is 0 Å². The number of allylic oxidation sites excluding steroid dienone is 2. The lowest BCUT2D eigenvalue weighted by Crippen LogP contribution is -2.05. The van der Waals surface area contributed by atoms with Crippen LogP contribution < -0.4 is 5.73 Å². The third-order valence-corrected chi connectivity index (χ3v) is 1.18. The molecular formula is C8H11NO. The topological polar surface area (TPSA) is 43.1 Å². The zero-order chi connectivity index (χ0) is 8.15. The number of nitrogens with two attached hydrogens (primary N) is 1. The third kappa shape index (κ3) is 2.36. The molecule has 0 radical (unpaired) electrons. The monoisotopic (exact) mass is 137 g/mol. The molecule has 0 aliphatic carbocycles. The molecule has 54 valence electrons. The van der Waals surface area contributed by atoms with E-state index in [9.17, 15) is 4.79 Å². The summed E-state index contributed by atoms with van der Waals surface area (Å²) in [5.41, 5.74) is 6.45. The van der Waals surface area contributed by atoms with Crippen molar-refractivity contribution < 1.29 is 4.79 Å².